The molecule has 1 amide bonds. The second-order valence-corrected chi connectivity index (χ2v) is 5.75. The Bertz CT molecular complexity index is 724. The maximum absolute atomic E-state index is 11.7. The molecule has 2 rings (SSSR count). The number of amides is 1. The number of nitrogens with one attached hydrogen (secondary N) is 1. The van der Waals surface area contributed by atoms with Gasteiger partial charge in [-0.3, -0.25) is 4.79 Å². The summed E-state index contributed by atoms with van der Waals surface area (Å²) in [5, 5.41) is 20.9. The normalized spacial score (nSPS) is 10.7. The molecule has 0 aliphatic rings. The number of aromatic hydroxyl groups is 1. The van der Waals surface area contributed by atoms with Crippen LogP contribution in [0.25, 0.3) is 6.08 Å². The molecule has 0 radical (unpaired) electrons. The Hall–Kier alpha value is -2.31. The van der Waals surface area contributed by atoms with Gasteiger partial charge in [0, 0.05) is 11.0 Å². The van der Waals surface area contributed by atoms with Gasteiger partial charge in [0.1, 0.15) is 5.75 Å². The van der Waals surface area contributed by atoms with E-state index in [1.165, 1.54) is 29.5 Å². The second-order valence-electron chi connectivity index (χ2n) is 4.00. The van der Waals surface area contributed by atoms with Crippen molar-refractivity contribution in [1.29, 1.82) is 0 Å². The van der Waals surface area contributed by atoms with Crippen LogP contribution in [0.4, 0.5) is 5.69 Å². The molecule has 1 aromatic carbocycles. The topological polar surface area (TPSA) is 86.6 Å². The third-order valence-electron chi connectivity index (χ3n) is 2.50. The highest BCUT2D eigenvalue weighted by atomic mass is 35.5. The fourth-order valence-corrected chi connectivity index (χ4v) is 2.48. The van der Waals surface area contributed by atoms with Crippen molar-refractivity contribution in [2.24, 2.45) is 0 Å². The van der Waals surface area contributed by atoms with Crippen LogP contribution in [0.1, 0.15) is 15.2 Å². The van der Waals surface area contributed by atoms with Crippen molar-refractivity contribution in [2.45, 2.75) is 0 Å². The quantitative estimate of drug-likeness (QED) is 0.594. The van der Waals surface area contributed by atoms with Crippen molar-refractivity contribution in [1.82, 2.24) is 0 Å². The number of carbonyl (C=O) groups excluding carboxylic acids is 1. The van der Waals surface area contributed by atoms with Gasteiger partial charge >= 0.3 is 5.97 Å². The van der Waals surface area contributed by atoms with Crippen LogP contribution in [-0.2, 0) is 4.79 Å². The van der Waals surface area contributed by atoms with Gasteiger partial charge in [0.15, 0.2) is 0 Å². The smallest absolute Gasteiger partial charge is 0.335 e. The van der Waals surface area contributed by atoms with E-state index in [4.69, 9.17) is 16.7 Å². The molecule has 5 nitrogen and oxygen atoms in total. The molecule has 0 spiro atoms. The average Bonchev–Trinajstić information content (AvgIpc) is 2.84. The van der Waals surface area contributed by atoms with E-state index in [2.05, 4.69) is 5.32 Å². The minimum Gasteiger partial charge on any atom is -0.506 e. The van der Waals surface area contributed by atoms with Gasteiger partial charge in [-0.2, -0.15) is 0 Å². The predicted molar refractivity (Wildman–Crippen MR) is 82.1 cm³/mol. The minimum atomic E-state index is -1.15. The Balaban J connectivity index is 2.06. The largest absolute Gasteiger partial charge is 0.506 e. The SMILES string of the molecule is O=C(/C=C/c1ccc(Cl)s1)Nc1ccc(C(=O)O)cc1O. The number of carboxylic acid groups (broad SMARTS) is 1. The Morgan fingerprint density at radius 3 is 2.57 bits per heavy atom. The van der Waals surface area contributed by atoms with Crippen molar-refractivity contribution in [3.8, 4) is 5.75 Å². The first-order chi connectivity index (χ1) is 9.95. The van der Waals surface area contributed by atoms with E-state index in [0.717, 1.165) is 10.9 Å². The maximum atomic E-state index is 11.7. The summed E-state index contributed by atoms with van der Waals surface area (Å²) in [5.41, 5.74) is 0.0770. The van der Waals surface area contributed by atoms with E-state index in [1.807, 2.05) is 0 Å². The summed E-state index contributed by atoms with van der Waals surface area (Å²) in [7, 11) is 0. The number of hydrogen-bond acceptors (Lipinski definition) is 4. The number of carboxylic acids is 1. The number of hydrogen-bond donors (Lipinski definition) is 3. The lowest BCUT2D eigenvalue weighted by Gasteiger charge is -2.05. The molecule has 1 heterocycles. The fraction of sp³-hybridized carbons (Fsp3) is 0. The van der Waals surface area contributed by atoms with Crippen molar-refractivity contribution < 1.29 is 19.8 Å². The maximum Gasteiger partial charge on any atom is 0.335 e. The lowest BCUT2D eigenvalue weighted by molar-refractivity contribution is -0.111. The number of aromatic carboxylic acids is 1. The molecule has 2 aromatic rings. The highest BCUT2D eigenvalue weighted by molar-refractivity contribution is 7.17. The molecule has 7 heteroatoms. The molecule has 0 saturated carbocycles. The van der Waals surface area contributed by atoms with E-state index in [9.17, 15) is 14.7 Å². The lowest BCUT2D eigenvalue weighted by Crippen LogP contribution is -2.08. The van der Waals surface area contributed by atoms with E-state index < -0.39 is 11.9 Å². The van der Waals surface area contributed by atoms with Gasteiger partial charge in [-0.25, -0.2) is 4.79 Å². The molecule has 0 aliphatic heterocycles. The molecule has 3 N–H and O–H groups in total. The molecule has 108 valence electrons. The summed E-state index contributed by atoms with van der Waals surface area (Å²) < 4.78 is 0.622. The van der Waals surface area contributed by atoms with E-state index in [0.29, 0.717) is 4.34 Å². The molecule has 0 unspecified atom stereocenters. The van der Waals surface area contributed by atoms with Crippen LogP contribution in [0.15, 0.2) is 36.4 Å². The van der Waals surface area contributed by atoms with Crippen LogP contribution in [0.5, 0.6) is 5.75 Å². The summed E-state index contributed by atoms with van der Waals surface area (Å²) in [6.45, 7) is 0. The van der Waals surface area contributed by atoms with Gasteiger partial charge in [0.05, 0.1) is 15.6 Å². The number of thiophene rings is 1. The average molecular weight is 324 g/mol. The van der Waals surface area contributed by atoms with Crippen LogP contribution in [0, 0.1) is 0 Å². The van der Waals surface area contributed by atoms with Crippen molar-refractivity contribution in [3.63, 3.8) is 0 Å². The molecule has 21 heavy (non-hydrogen) atoms. The van der Waals surface area contributed by atoms with Gasteiger partial charge in [-0.1, -0.05) is 11.6 Å². The summed E-state index contributed by atoms with van der Waals surface area (Å²) in [6.07, 6.45) is 2.89. The number of phenols is 1. The Morgan fingerprint density at radius 1 is 1.24 bits per heavy atom. The molecule has 0 atom stereocenters. The first-order valence-electron chi connectivity index (χ1n) is 5.76. The summed E-state index contributed by atoms with van der Waals surface area (Å²) in [4.78, 5) is 23.3. The van der Waals surface area contributed by atoms with E-state index >= 15 is 0 Å². The molecule has 0 aliphatic carbocycles. The zero-order valence-corrected chi connectivity index (χ0v) is 12.1. The Morgan fingerprint density at radius 2 is 2.00 bits per heavy atom. The lowest BCUT2D eigenvalue weighted by atomic mass is 10.2. The number of halogens is 1. The summed E-state index contributed by atoms with van der Waals surface area (Å²) in [6, 6.07) is 7.18. The molecule has 0 fully saturated rings. The number of anilines is 1. The van der Waals surface area contributed by atoms with Crippen molar-refractivity contribution in [2.75, 3.05) is 5.32 Å². The molecule has 1 aromatic heterocycles. The zero-order chi connectivity index (χ0) is 15.4. The summed E-state index contributed by atoms with van der Waals surface area (Å²) >= 11 is 7.10. The minimum absolute atomic E-state index is 0.0609. The summed E-state index contributed by atoms with van der Waals surface area (Å²) in [5.74, 6) is -1.91. The van der Waals surface area contributed by atoms with Gasteiger partial charge < -0.3 is 15.5 Å². The van der Waals surface area contributed by atoms with Crippen LogP contribution < -0.4 is 5.32 Å². The van der Waals surface area contributed by atoms with Gasteiger partial charge in [-0.05, 0) is 36.4 Å². The molecule has 0 bridgehead atoms. The van der Waals surface area contributed by atoms with E-state index in [-0.39, 0.29) is 17.0 Å². The zero-order valence-electron chi connectivity index (χ0n) is 10.5. The predicted octanol–water partition coefficient (Wildman–Crippen LogP) is 3.46. The molecular formula is C14H10ClNO4S. The third kappa shape index (κ3) is 4.08. The van der Waals surface area contributed by atoms with Crippen molar-refractivity contribution in [3.05, 3.63) is 51.2 Å². The number of phenolic OH excluding ortho intramolecular Hbond substituents is 1. The monoisotopic (exact) mass is 323 g/mol. The highest BCUT2D eigenvalue weighted by Crippen LogP contribution is 2.25. The second kappa shape index (κ2) is 6.43. The number of rotatable bonds is 4. The van der Waals surface area contributed by atoms with Crippen molar-refractivity contribution >= 4 is 46.6 Å². The van der Waals surface area contributed by atoms with E-state index in [1.54, 1.807) is 18.2 Å². The Kier molecular flexibility index (Phi) is 4.62. The highest BCUT2D eigenvalue weighted by Gasteiger charge is 2.09. The molecular weight excluding hydrogens is 314 g/mol. The van der Waals surface area contributed by atoms with Gasteiger partial charge in [-0.15, -0.1) is 11.3 Å². The fourth-order valence-electron chi connectivity index (χ4n) is 1.52. The van der Waals surface area contributed by atoms with Gasteiger partial charge in [0.25, 0.3) is 0 Å². The van der Waals surface area contributed by atoms with Gasteiger partial charge in [0.2, 0.25) is 5.91 Å². The Labute approximate surface area is 129 Å². The van der Waals surface area contributed by atoms with Crippen LogP contribution in [-0.4, -0.2) is 22.1 Å². The molecule has 0 saturated heterocycles. The van der Waals surface area contributed by atoms with Crippen LogP contribution in [0.2, 0.25) is 4.34 Å². The number of carbonyl (C=O) groups is 2. The number of benzene rings is 1. The first-order valence-corrected chi connectivity index (χ1v) is 6.96. The van der Waals surface area contributed by atoms with Crippen LogP contribution >= 0.6 is 22.9 Å². The standard InChI is InChI=1S/C14H10ClNO4S/c15-12-5-2-9(21-12)3-6-13(18)16-10-4-1-8(14(19)20)7-11(10)17/h1-7,17H,(H,16,18)(H,19,20)/b6-3+. The van der Waals surface area contributed by atoms with Crippen LogP contribution in [0.3, 0.4) is 0 Å². The third-order valence-corrected chi connectivity index (χ3v) is 3.69. The first kappa shape index (κ1) is 15.1.